The van der Waals surface area contributed by atoms with Gasteiger partial charge < -0.3 is 25.6 Å². The number of ether oxygens (including phenoxy) is 2. The fourth-order valence-corrected chi connectivity index (χ4v) is 2.79. The van der Waals surface area contributed by atoms with Crippen molar-refractivity contribution in [3.63, 3.8) is 0 Å². The predicted molar refractivity (Wildman–Crippen MR) is 98.9 cm³/mol. The van der Waals surface area contributed by atoms with Crippen molar-refractivity contribution in [1.82, 2.24) is 5.32 Å². The minimum Gasteiger partial charge on any atom is -0.491 e. The first-order valence-electron chi connectivity index (χ1n) is 8.53. The van der Waals surface area contributed by atoms with Crippen LogP contribution in [0.3, 0.4) is 0 Å². The van der Waals surface area contributed by atoms with Crippen molar-refractivity contribution >= 4 is 18.3 Å². The van der Waals surface area contributed by atoms with Gasteiger partial charge in [0.15, 0.2) is 0 Å². The molecule has 1 aromatic rings. The fraction of sp³-hybridized carbons (Fsp3) is 0.611. The summed E-state index contributed by atoms with van der Waals surface area (Å²) in [4.78, 5) is 12.2. The molecular formula is C18H29ClN2O4. The van der Waals surface area contributed by atoms with Crippen LogP contribution >= 0.6 is 12.4 Å². The Kier molecular flexibility index (Phi) is 9.21. The summed E-state index contributed by atoms with van der Waals surface area (Å²) in [6.07, 6.45) is 0.860. The van der Waals surface area contributed by atoms with Crippen LogP contribution in [0.15, 0.2) is 24.3 Å². The van der Waals surface area contributed by atoms with Gasteiger partial charge in [0.2, 0.25) is 5.91 Å². The van der Waals surface area contributed by atoms with Gasteiger partial charge in [0.05, 0.1) is 18.2 Å². The van der Waals surface area contributed by atoms with Crippen LogP contribution < -0.4 is 15.8 Å². The molecule has 1 aliphatic heterocycles. The molecular weight excluding hydrogens is 344 g/mol. The molecule has 0 bridgehead atoms. The van der Waals surface area contributed by atoms with E-state index in [-0.39, 0.29) is 36.9 Å². The first kappa shape index (κ1) is 21.7. The smallest absolute Gasteiger partial charge is 0.237 e. The largest absolute Gasteiger partial charge is 0.491 e. The SMILES string of the molecule is CC(C)Oc1cccc(C(O)CNC(=O)C(N)C2CCOCC2)c1.Cl. The average molecular weight is 373 g/mol. The van der Waals surface area contributed by atoms with E-state index in [1.54, 1.807) is 6.07 Å². The first-order chi connectivity index (χ1) is 11.5. The number of nitrogens with one attached hydrogen (secondary N) is 1. The lowest BCUT2D eigenvalue weighted by molar-refractivity contribution is -0.124. The van der Waals surface area contributed by atoms with Crippen molar-refractivity contribution < 1.29 is 19.4 Å². The molecule has 2 atom stereocenters. The average Bonchev–Trinajstić information content (AvgIpc) is 2.59. The molecule has 1 aromatic carbocycles. The van der Waals surface area contributed by atoms with Crippen LogP contribution in [0.25, 0.3) is 0 Å². The molecule has 0 spiro atoms. The van der Waals surface area contributed by atoms with E-state index in [0.717, 1.165) is 12.8 Å². The maximum absolute atomic E-state index is 12.2. The molecule has 6 nitrogen and oxygen atoms in total. The molecule has 1 fully saturated rings. The van der Waals surface area contributed by atoms with Crippen LogP contribution in [0.4, 0.5) is 0 Å². The maximum Gasteiger partial charge on any atom is 0.237 e. The topological polar surface area (TPSA) is 93.8 Å². The number of carbonyl (C=O) groups excluding carboxylic acids is 1. The molecule has 25 heavy (non-hydrogen) atoms. The Morgan fingerprint density at radius 2 is 2.08 bits per heavy atom. The van der Waals surface area contributed by atoms with Crippen LogP contribution in [0, 0.1) is 5.92 Å². The van der Waals surface area contributed by atoms with Crippen molar-refractivity contribution in [3.05, 3.63) is 29.8 Å². The van der Waals surface area contributed by atoms with E-state index >= 15 is 0 Å². The highest BCUT2D eigenvalue weighted by atomic mass is 35.5. The standard InChI is InChI=1S/C18H28N2O4.ClH/c1-12(2)24-15-5-3-4-14(10-15)16(21)11-20-18(22)17(19)13-6-8-23-9-7-13;/h3-5,10,12-13,16-17,21H,6-9,11,19H2,1-2H3,(H,20,22);1H. The summed E-state index contributed by atoms with van der Waals surface area (Å²) < 4.78 is 10.9. The zero-order valence-electron chi connectivity index (χ0n) is 14.8. The van der Waals surface area contributed by atoms with Crippen LogP contribution in [0.5, 0.6) is 5.75 Å². The Hall–Kier alpha value is -1.34. The number of hydrogen-bond acceptors (Lipinski definition) is 5. The number of carbonyl (C=O) groups is 1. The molecule has 2 rings (SSSR count). The quantitative estimate of drug-likeness (QED) is 0.678. The maximum atomic E-state index is 12.2. The third-order valence-corrected chi connectivity index (χ3v) is 4.16. The number of benzene rings is 1. The Bertz CT molecular complexity index is 536. The summed E-state index contributed by atoms with van der Waals surface area (Å²) in [5, 5.41) is 13.0. The number of amides is 1. The van der Waals surface area contributed by atoms with Gasteiger partial charge in [-0.2, -0.15) is 0 Å². The summed E-state index contributed by atoms with van der Waals surface area (Å²) in [6, 6.07) is 6.70. The van der Waals surface area contributed by atoms with E-state index in [2.05, 4.69) is 5.32 Å². The highest BCUT2D eigenvalue weighted by Gasteiger charge is 2.26. The molecule has 0 saturated carbocycles. The van der Waals surface area contributed by atoms with Crippen LogP contribution in [-0.4, -0.2) is 42.9 Å². The summed E-state index contributed by atoms with van der Waals surface area (Å²) in [5.41, 5.74) is 6.73. The number of nitrogens with two attached hydrogens (primary N) is 1. The number of hydrogen-bond donors (Lipinski definition) is 3. The molecule has 4 N–H and O–H groups in total. The highest BCUT2D eigenvalue weighted by molar-refractivity contribution is 5.85. The molecule has 1 saturated heterocycles. The van der Waals surface area contributed by atoms with Crippen LogP contribution in [0.1, 0.15) is 38.4 Å². The number of aliphatic hydroxyl groups excluding tert-OH is 1. The van der Waals surface area contributed by atoms with E-state index in [0.29, 0.717) is 24.5 Å². The molecule has 0 aromatic heterocycles. The molecule has 1 aliphatic rings. The second-order valence-corrected chi connectivity index (χ2v) is 6.48. The lowest BCUT2D eigenvalue weighted by atomic mass is 9.92. The van der Waals surface area contributed by atoms with Gasteiger partial charge in [-0.25, -0.2) is 0 Å². The van der Waals surface area contributed by atoms with Crippen LogP contribution in [0.2, 0.25) is 0 Å². The Morgan fingerprint density at radius 1 is 1.40 bits per heavy atom. The van der Waals surface area contributed by atoms with Gasteiger partial charge in [0, 0.05) is 19.8 Å². The highest BCUT2D eigenvalue weighted by Crippen LogP contribution is 2.21. The lowest BCUT2D eigenvalue weighted by Gasteiger charge is -2.27. The van der Waals surface area contributed by atoms with Gasteiger partial charge in [-0.3, -0.25) is 4.79 Å². The van der Waals surface area contributed by atoms with Gasteiger partial charge in [-0.15, -0.1) is 12.4 Å². The Labute approximate surface area is 155 Å². The van der Waals surface area contributed by atoms with E-state index in [9.17, 15) is 9.90 Å². The summed E-state index contributed by atoms with van der Waals surface area (Å²) in [5.74, 6) is 0.612. The Morgan fingerprint density at radius 3 is 2.72 bits per heavy atom. The zero-order chi connectivity index (χ0) is 17.5. The first-order valence-corrected chi connectivity index (χ1v) is 8.53. The molecule has 2 unspecified atom stereocenters. The second-order valence-electron chi connectivity index (χ2n) is 6.48. The van der Waals surface area contributed by atoms with Crippen molar-refractivity contribution in [1.29, 1.82) is 0 Å². The summed E-state index contributed by atoms with van der Waals surface area (Å²) >= 11 is 0. The second kappa shape index (κ2) is 10.6. The lowest BCUT2D eigenvalue weighted by Crippen LogP contribution is -2.47. The van der Waals surface area contributed by atoms with Crippen molar-refractivity contribution in [2.24, 2.45) is 11.7 Å². The van der Waals surface area contributed by atoms with Crippen LogP contribution in [-0.2, 0) is 9.53 Å². The molecule has 7 heteroatoms. The van der Waals surface area contributed by atoms with Crippen molar-refractivity contribution in [2.75, 3.05) is 19.8 Å². The summed E-state index contributed by atoms with van der Waals surface area (Å²) in [6.45, 7) is 5.32. The minimum absolute atomic E-state index is 0. The van der Waals surface area contributed by atoms with E-state index in [4.69, 9.17) is 15.2 Å². The van der Waals surface area contributed by atoms with Gasteiger partial charge in [-0.05, 0) is 50.3 Å². The van der Waals surface area contributed by atoms with E-state index < -0.39 is 12.1 Å². The predicted octanol–water partition coefficient (Wildman–Crippen LogP) is 1.80. The van der Waals surface area contributed by atoms with E-state index in [1.165, 1.54) is 0 Å². The third kappa shape index (κ3) is 6.82. The fourth-order valence-electron chi connectivity index (χ4n) is 2.79. The van der Waals surface area contributed by atoms with Crippen molar-refractivity contribution in [3.8, 4) is 5.75 Å². The normalized spacial score (nSPS) is 17.5. The van der Waals surface area contributed by atoms with Gasteiger partial charge in [-0.1, -0.05) is 12.1 Å². The number of halogens is 1. The molecule has 142 valence electrons. The molecule has 1 amide bonds. The third-order valence-electron chi connectivity index (χ3n) is 4.16. The zero-order valence-corrected chi connectivity index (χ0v) is 15.6. The number of rotatable bonds is 7. The van der Waals surface area contributed by atoms with Crippen molar-refractivity contribution in [2.45, 2.75) is 44.9 Å². The molecule has 1 heterocycles. The molecule has 0 radical (unpaired) electrons. The van der Waals surface area contributed by atoms with E-state index in [1.807, 2.05) is 32.0 Å². The molecule has 0 aliphatic carbocycles. The van der Waals surface area contributed by atoms with Gasteiger partial charge in [0.25, 0.3) is 0 Å². The van der Waals surface area contributed by atoms with Gasteiger partial charge >= 0.3 is 0 Å². The minimum atomic E-state index is -0.799. The van der Waals surface area contributed by atoms with Gasteiger partial charge in [0.1, 0.15) is 5.75 Å². The monoisotopic (exact) mass is 372 g/mol. The Balaban J connectivity index is 0.00000312. The number of aliphatic hydroxyl groups is 1. The summed E-state index contributed by atoms with van der Waals surface area (Å²) in [7, 11) is 0.